The molecule has 0 aliphatic carbocycles. The van der Waals surface area contributed by atoms with Crippen molar-refractivity contribution in [2.24, 2.45) is 0 Å². The third-order valence-electron chi connectivity index (χ3n) is 4.69. The van der Waals surface area contributed by atoms with Crippen LogP contribution >= 0.6 is 0 Å². The number of hydrogen-bond donors (Lipinski definition) is 3. The summed E-state index contributed by atoms with van der Waals surface area (Å²) in [5, 5.41) is 24.0. The van der Waals surface area contributed by atoms with Crippen LogP contribution in [0.25, 0.3) is 21.8 Å². The first kappa shape index (κ1) is 17.9. The lowest BCUT2D eigenvalue weighted by Gasteiger charge is -2.15. The number of phenols is 1. The summed E-state index contributed by atoms with van der Waals surface area (Å²) in [4.78, 5) is 20.8. The number of phenolic OH excluding ortho intramolecular Hbond substituents is 1. The van der Waals surface area contributed by atoms with Crippen LogP contribution in [0.2, 0.25) is 0 Å². The SMILES string of the molecule is O=C(O)C(Cc1ccc(O)cc1)NCc1ccc2ccc3cccnc3c2n1. The highest BCUT2D eigenvalue weighted by Crippen LogP contribution is 2.22. The fourth-order valence-corrected chi connectivity index (χ4v) is 3.20. The van der Waals surface area contributed by atoms with E-state index >= 15 is 0 Å². The Bertz CT molecular complexity index is 1140. The van der Waals surface area contributed by atoms with Gasteiger partial charge in [0.2, 0.25) is 0 Å². The molecule has 28 heavy (non-hydrogen) atoms. The van der Waals surface area contributed by atoms with Gasteiger partial charge in [0.25, 0.3) is 0 Å². The number of fused-ring (bicyclic) bond motifs is 3. The van der Waals surface area contributed by atoms with E-state index in [1.54, 1.807) is 30.5 Å². The van der Waals surface area contributed by atoms with Gasteiger partial charge in [-0.3, -0.25) is 15.1 Å². The van der Waals surface area contributed by atoms with Gasteiger partial charge in [-0.15, -0.1) is 0 Å². The molecule has 0 radical (unpaired) electrons. The molecule has 0 bridgehead atoms. The molecule has 3 N–H and O–H groups in total. The van der Waals surface area contributed by atoms with E-state index in [2.05, 4.69) is 10.3 Å². The van der Waals surface area contributed by atoms with Crippen molar-refractivity contribution in [2.75, 3.05) is 0 Å². The van der Waals surface area contributed by atoms with Crippen molar-refractivity contribution in [1.29, 1.82) is 0 Å². The predicted molar refractivity (Wildman–Crippen MR) is 107 cm³/mol. The molecule has 0 saturated carbocycles. The number of rotatable bonds is 6. The molecule has 4 rings (SSSR count). The molecule has 0 aliphatic heterocycles. The molecule has 2 aromatic heterocycles. The number of aromatic nitrogens is 2. The third-order valence-corrected chi connectivity index (χ3v) is 4.69. The Kier molecular flexibility index (Phi) is 4.87. The fourth-order valence-electron chi connectivity index (χ4n) is 3.20. The van der Waals surface area contributed by atoms with E-state index in [9.17, 15) is 15.0 Å². The lowest BCUT2D eigenvalue weighted by Crippen LogP contribution is -2.38. The van der Waals surface area contributed by atoms with Gasteiger partial charge in [0.15, 0.2) is 0 Å². The first-order valence-corrected chi connectivity index (χ1v) is 8.97. The Morgan fingerprint density at radius 1 is 0.964 bits per heavy atom. The molecular formula is C22H19N3O3. The van der Waals surface area contributed by atoms with Crippen LogP contribution in [0.3, 0.4) is 0 Å². The van der Waals surface area contributed by atoms with E-state index in [0.717, 1.165) is 33.1 Å². The summed E-state index contributed by atoms with van der Waals surface area (Å²) >= 11 is 0. The van der Waals surface area contributed by atoms with Gasteiger partial charge in [-0.25, -0.2) is 4.98 Å². The van der Waals surface area contributed by atoms with Crippen LogP contribution in [0.15, 0.2) is 66.9 Å². The third kappa shape index (κ3) is 3.77. The van der Waals surface area contributed by atoms with Gasteiger partial charge in [-0.2, -0.15) is 0 Å². The zero-order valence-corrected chi connectivity index (χ0v) is 15.0. The zero-order valence-electron chi connectivity index (χ0n) is 15.0. The zero-order chi connectivity index (χ0) is 19.5. The van der Waals surface area contributed by atoms with Crippen molar-refractivity contribution in [3.05, 3.63) is 78.1 Å². The van der Waals surface area contributed by atoms with Crippen LogP contribution in [0.4, 0.5) is 0 Å². The molecule has 1 unspecified atom stereocenters. The van der Waals surface area contributed by atoms with Crippen molar-refractivity contribution in [3.8, 4) is 5.75 Å². The highest BCUT2D eigenvalue weighted by atomic mass is 16.4. The summed E-state index contributed by atoms with van der Waals surface area (Å²) in [5.74, 6) is -0.772. The maximum absolute atomic E-state index is 11.6. The van der Waals surface area contributed by atoms with Crippen molar-refractivity contribution in [1.82, 2.24) is 15.3 Å². The van der Waals surface area contributed by atoms with Gasteiger partial charge in [-0.1, -0.05) is 36.4 Å². The maximum atomic E-state index is 11.6. The number of aromatic hydroxyl groups is 1. The number of nitrogens with zero attached hydrogens (tertiary/aromatic N) is 2. The van der Waals surface area contributed by atoms with Gasteiger partial charge in [0.05, 0.1) is 16.7 Å². The van der Waals surface area contributed by atoms with Crippen LogP contribution in [-0.4, -0.2) is 32.2 Å². The summed E-state index contributed by atoms with van der Waals surface area (Å²) in [7, 11) is 0. The number of carboxylic acid groups (broad SMARTS) is 1. The average Bonchev–Trinajstić information content (AvgIpc) is 2.72. The average molecular weight is 373 g/mol. The summed E-state index contributed by atoms with van der Waals surface area (Å²) in [6, 6.07) is 17.6. The van der Waals surface area contributed by atoms with Crippen LogP contribution in [0.5, 0.6) is 5.75 Å². The summed E-state index contributed by atoms with van der Waals surface area (Å²) in [5.41, 5.74) is 3.23. The molecule has 0 fully saturated rings. The predicted octanol–water partition coefficient (Wildman–Crippen LogP) is 3.27. The van der Waals surface area contributed by atoms with Crippen molar-refractivity contribution in [2.45, 2.75) is 19.0 Å². The largest absolute Gasteiger partial charge is 0.508 e. The minimum Gasteiger partial charge on any atom is -0.508 e. The number of aliphatic carboxylic acids is 1. The first-order chi connectivity index (χ1) is 13.6. The Morgan fingerprint density at radius 3 is 2.43 bits per heavy atom. The summed E-state index contributed by atoms with van der Waals surface area (Å²) in [6.07, 6.45) is 2.06. The minimum absolute atomic E-state index is 0.157. The molecule has 2 heterocycles. The number of carbonyl (C=O) groups is 1. The molecule has 140 valence electrons. The van der Waals surface area contributed by atoms with Crippen LogP contribution < -0.4 is 5.32 Å². The topological polar surface area (TPSA) is 95.3 Å². The van der Waals surface area contributed by atoms with Crippen LogP contribution in [0.1, 0.15) is 11.3 Å². The van der Waals surface area contributed by atoms with E-state index in [1.807, 2.05) is 36.4 Å². The number of benzene rings is 2. The molecule has 6 nitrogen and oxygen atoms in total. The normalized spacial score (nSPS) is 12.3. The fraction of sp³-hybridized carbons (Fsp3) is 0.136. The minimum atomic E-state index is -0.930. The van der Waals surface area contributed by atoms with E-state index in [0.29, 0.717) is 13.0 Å². The van der Waals surface area contributed by atoms with Gasteiger partial charge in [0.1, 0.15) is 11.8 Å². The second-order valence-electron chi connectivity index (χ2n) is 6.66. The highest BCUT2D eigenvalue weighted by molar-refractivity contribution is 6.02. The Morgan fingerprint density at radius 2 is 1.68 bits per heavy atom. The van der Waals surface area contributed by atoms with Gasteiger partial charge >= 0.3 is 5.97 Å². The summed E-state index contributed by atoms with van der Waals surface area (Å²) < 4.78 is 0. The molecule has 0 spiro atoms. The quantitative estimate of drug-likeness (QED) is 0.449. The second-order valence-corrected chi connectivity index (χ2v) is 6.66. The van der Waals surface area contributed by atoms with E-state index in [1.165, 1.54) is 0 Å². The molecule has 0 amide bonds. The molecule has 1 atom stereocenters. The van der Waals surface area contributed by atoms with Crippen LogP contribution in [-0.2, 0) is 17.8 Å². The molecule has 2 aromatic carbocycles. The van der Waals surface area contributed by atoms with Crippen LogP contribution in [0, 0.1) is 0 Å². The number of nitrogens with one attached hydrogen (secondary N) is 1. The number of carboxylic acids is 1. The van der Waals surface area contributed by atoms with Crippen molar-refractivity contribution < 1.29 is 15.0 Å². The lowest BCUT2D eigenvalue weighted by molar-refractivity contribution is -0.139. The Labute approximate surface area is 161 Å². The molecular weight excluding hydrogens is 354 g/mol. The Balaban J connectivity index is 1.55. The molecule has 0 saturated heterocycles. The standard InChI is InChI=1S/C22H19N3O3/c26-18-9-3-14(4-10-18)12-19(22(27)28)24-13-17-8-7-16-6-5-15-2-1-11-23-20(15)21(16)25-17/h1-11,19,24,26H,12-13H2,(H,27,28). The van der Waals surface area contributed by atoms with E-state index in [-0.39, 0.29) is 5.75 Å². The number of hydrogen-bond acceptors (Lipinski definition) is 5. The molecule has 6 heteroatoms. The Hall–Kier alpha value is -3.51. The maximum Gasteiger partial charge on any atom is 0.321 e. The second kappa shape index (κ2) is 7.62. The lowest BCUT2D eigenvalue weighted by atomic mass is 10.1. The molecule has 0 aliphatic rings. The summed E-state index contributed by atoms with van der Waals surface area (Å²) in [6.45, 7) is 0.328. The van der Waals surface area contributed by atoms with Gasteiger partial charge in [0, 0.05) is 23.5 Å². The highest BCUT2D eigenvalue weighted by Gasteiger charge is 2.18. The van der Waals surface area contributed by atoms with Crippen molar-refractivity contribution >= 4 is 27.8 Å². The van der Waals surface area contributed by atoms with E-state index < -0.39 is 12.0 Å². The molecule has 4 aromatic rings. The first-order valence-electron chi connectivity index (χ1n) is 8.97. The van der Waals surface area contributed by atoms with Gasteiger partial charge in [-0.05, 0) is 36.2 Å². The van der Waals surface area contributed by atoms with Crippen molar-refractivity contribution in [3.63, 3.8) is 0 Å². The monoisotopic (exact) mass is 373 g/mol. The van der Waals surface area contributed by atoms with E-state index in [4.69, 9.17) is 4.98 Å². The number of pyridine rings is 2. The smallest absolute Gasteiger partial charge is 0.321 e. The van der Waals surface area contributed by atoms with Gasteiger partial charge < -0.3 is 10.2 Å².